The molecule has 5 atom stereocenters. The van der Waals surface area contributed by atoms with Crippen LogP contribution in [0.25, 0.3) is 0 Å². The van der Waals surface area contributed by atoms with Crippen molar-refractivity contribution in [1.29, 1.82) is 0 Å². The number of phosphoric ester groups is 2. The van der Waals surface area contributed by atoms with E-state index < -0.39 is 97.5 Å². The van der Waals surface area contributed by atoms with Gasteiger partial charge >= 0.3 is 39.5 Å². The largest absolute Gasteiger partial charge is 0.472 e. The van der Waals surface area contributed by atoms with E-state index in [-0.39, 0.29) is 25.7 Å². The number of aliphatic hydroxyl groups excluding tert-OH is 1. The first kappa shape index (κ1) is 100. The van der Waals surface area contributed by atoms with Gasteiger partial charge in [0.25, 0.3) is 0 Å². The molecule has 19 heteroatoms. The van der Waals surface area contributed by atoms with Crippen LogP contribution in [-0.4, -0.2) is 96.7 Å². The monoisotopic (exact) mass is 1520 g/mol. The number of esters is 4. The van der Waals surface area contributed by atoms with Gasteiger partial charge in [0.15, 0.2) is 12.2 Å². The van der Waals surface area contributed by atoms with Crippen LogP contribution in [0.1, 0.15) is 285 Å². The zero-order chi connectivity index (χ0) is 77.4. The summed E-state index contributed by atoms with van der Waals surface area (Å²) >= 11 is 0. The Hall–Kier alpha value is -5.84. The summed E-state index contributed by atoms with van der Waals surface area (Å²) in [4.78, 5) is 73.0. The first-order chi connectivity index (χ1) is 51.7. The Balaban J connectivity index is 5.50. The lowest BCUT2D eigenvalue weighted by molar-refractivity contribution is -0.161. The lowest BCUT2D eigenvalue weighted by Crippen LogP contribution is -2.30. The number of carbonyl (C=O) groups excluding carboxylic acids is 4. The van der Waals surface area contributed by atoms with Crippen molar-refractivity contribution >= 4 is 39.5 Å². The fourth-order valence-electron chi connectivity index (χ4n) is 9.83. The molecule has 0 aliphatic rings. The highest BCUT2D eigenvalue weighted by Gasteiger charge is 2.30. The fraction of sp³-hybridized carbons (Fsp3) is 0.609. The van der Waals surface area contributed by atoms with Crippen LogP contribution in [0.3, 0.4) is 0 Å². The first-order valence-corrected chi connectivity index (χ1v) is 43.0. The SMILES string of the molecule is CC/C=C\C/C=C\C/C=C\C/C=C\C/C=C\C/C=C\CCC(=O)OCC(COP(=O)(O)OCC(O)COP(=O)(O)OCC(COC(=O)CC/C=C\C/C=C\C/C=C\C/C=C\C/C=C\C/C=C\CC)OC(=O)CCCCCCC/C=C\CCCCCCCC)OC(=O)CCCCCCC/C=C\C/C=C\CCC. The van der Waals surface area contributed by atoms with Crippen molar-refractivity contribution in [2.45, 2.75) is 303 Å². The van der Waals surface area contributed by atoms with Gasteiger partial charge < -0.3 is 33.8 Å². The van der Waals surface area contributed by atoms with E-state index in [2.05, 4.69) is 174 Å². The van der Waals surface area contributed by atoms with Gasteiger partial charge in [-0.3, -0.25) is 37.3 Å². The van der Waals surface area contributed by atoms with Gasteiger partial charge in [0.1, 0.15) is 19.3 Å². The Bertz CT molecular complexity index is 2730. The minimum Gasteiger partial charge on any atom is -0.462 e. The maximum atomic E-state index is 13.1. The summed E-state index contributed by atoms with van der Waals surface area (Å²) < 4.78 is 68.4. The van der Waals surface area contributed by atoms with Gasteiger partial charge in [-0.25, -0.2) is 9.13 Å². The molecule has 0 heterocycles. The number of allylic oxidation sites excluding steroid dienone is 30. The van der Waals surface area contributed by atoms with Crippen molar-refractivity contribution in [3.8, 4) is 0 Å². The smallest absolute Gasteiger partial charge is 0.462 e. The predicted octanol–water partition coefficient (Wildman–Crippen LogP) is 23.6. The third kappa shape index (κ3) is 76.4. The Kier molecular flexibility index (Phi) is 73.1. The number of phosphoric acid groups is 2. The van der Waals surface area contributed by atoms with Crippen LogP contribution in [0.5, 0.6) is 0 Å². The standard InChI is InChI=1S/C87H140O17P2/c1-5-9-13-17-21-25-29-33-36-38-40-42-45-48-51-55-59-63-67-71-84(89)97-77-82(103-86(91)73-69-65-61-57-53-47-32-28-24-20-16-12-8-4)79-101-105(93,94)99-75-81(88)76-100-106(95,96)102-80-83(104-87(92)74-70-66-62-58-54-50-44-35-31-27-23-19-15-11-7-3)78-98-85(90)72-68-64-60-56-52-49-46-43-41-39-37-34-30-26-22-18-14-10-6-2/h9-10,13-14,16,20-22,25-26,28,32-37,40-44,48-49,51-52,59-60,63-64,81-83,88H,5-8,11-12,15,17-19,23-24,27,29-31,38-39,45-47,50,53-58,61-62,65-80H2,1-4H3,(H,93,94)(H,95,96)/b13-9-,14-10-,20-16-,25-21-,26-22-,32-28-,36-33-,37-34-,42-40-,43-41-,44-35-,51-48-,52-49-,63-59-,64-60-. The zero-order valence-corrected chi connectivity index (χ0v) is 67.3. The van der Waals surface area contributed by atoms with Gasteiger partial charge in [0, 0.05) is 25.7 Å². The van der Waals surface area contributed by atoms with E-state index in [0.29, 0.717) is 38.5 Å². The van der Waals surface area contributed by atoms with Gasteiger partial charge in [0.05, 0.1) is 26.4 Å². The molecule has 0 saturated heterocycles. The van der Waals surface area contributed by atoms with Crippen LogP contribution < -0.4 is 0 Å². The number of aliphatic hydroxyl groups is 1. The van der Waals surface area contributed by atoms with E-state index in [9.17, 15) is 43.2 Å². The lowest BCUT2D eigenvalue weighted by Gasteiger charge is -2.21. The van der Waals surface area contributed by atoms with Gasteiger partial charge in [0.2, 0.25) is 0 Å². The molecule has 0 spiro atoms. The van der Waals surface area contributed by atoms with E-state index >= 15 is 0 Å². The van der Waals surface area contributed by atoms with E-state index in [4.69, 9.17) is 37.0 Å². The second kappa shape index (κ2) is 77.3. The summed E-state index contributed by atoms with van der Waals surface area (Å²) in [5.74, 6) is -2.41. The fourth-order valence-corrected chi connectivity index (χ4v) is 11.4. The highest BCUT2D eigenvalue weighted by Crippen LogP contribution is 2.45. The predicted molar refractivity (Wildman–Crippen MR) is 436 cm³/mol. The van der Waals surface area contributed by atoms with Gasteiger partial charge in [-0.15, -0.1) is 0 Å². The second-order valence-electron chi connectivity index (χ2n) is 25.9. The summed E-state index contributed by atoms with van der Waals surface area (Å²) in [5, 5.41) is 10.6. The topological polar surface area (TPSA) is 237 Å². The molecule has 0 aliphatic heterocycles. The normalized spacial score (nSPS) is 14.8. The van der Waals surface area contributed by atoms with Gasteiger partial charge in [-0.2, -0.15) is 0 Å². The second-order valence-corrected chi connectivity index (χ2v) is 28.8. The number of unbranched alkanes of at least 4 members (excludes halogenated alkanes) is 17. The van der Waals surface area contributed by atoms with Crippen LogP contribution in [0, 0.1) is 0 Å². The molecule has 5 unspecified atom stereocenters. The Morgan fingerprint density at radius 3 is 0.840 bits per heavy atom. The number of rotatable bonds is 73. The van der Waals surface area contributed by atoms with Crippen molar-refractivity contribution in [3.63, 3.8) is 0 Å². The maximum Gasteiger partial charge on any atom is 0.472 e. The molecule has 0 bridgehead atoms. The molecule has 0 radical (unpaired) electrons. The third-order valence-electron chi connectivity index (χ3n) is 15.8. The summed E-state index contributed by atoms with van der Waals surface area (Å²) in [5.41, 5.74) is 0. The third-order valence-corrected chi connectivity index (χ3v) is 17.7. The van der Waals surface area contributed by atoms with Crippen molar-refractivity contribution in [3.05, 3.63) is 182 Å². The summed E-state index contributed by atoms with van der Waals surface area (Å²) in [7, 11) is -10.0. The van der Waals surface area contributed by atoms with Crippen LogP contribution in [0.4, 0.5) is 0 Å². The van der Waals surface area contributed by atoms with Gasteiger partial charge in [-0.05, 0) is 154 Å². The summed E-state index contributed by atoms with van der Waals surface area (Å²) in [6.07, 6.45) is 93.3. The van der Waals surface area contributed by atoms with Crippen molar-refractivity contribution in [2.24, 2.45) is 0 Å². The van der Waals surface area contributed by atoms with E-state index in [0.717, 1.165) is 154 Å². The molecule has 600 valence electrons. The molecule has 0 fully saturated rings. The van der Waals surface area contributed by atoms with Gasteiger partial charge in [-0.1, -0.05) is 287 Å². The zero-order valence-electron chi connectivity index (χ0n) is 65.5. The molecule has 0 amide bonds. The van der Waals surface area contributed by atoms with Crippen molar-refractivity contribution in [1.82, 2.24) is 0 Å². The maximum absolute atomic E-state index is 13.1. The molecule has 3 N–H and O–H groups in total. The minimum absolute atomic E-state index is 0.0252. The molecule has 0 rings (SSSR count). The minimum atomic E-state index is -5.01. The van der Waals surface area contributed by atoms with E-state index in [1.54, 1.807) is 0 Å². The van der Waals surface area contributed by atoms with E-state index in [1.807, 2.05) is 36.5 Å². The number of hydrogen-bond donors (Lipinski definition) is 3. The Labute approximate surface area is 641 Å². The van der Waals surface area contributed by atoms with E-state index in [1.165, 1.54) is 38.5 Å². The Morgan fingerprint density at radius 2 is 0.528 bits per heavy atom. The number of hydrogen-bond acceptors (Lipinski definition) is 15. The molecule has 106 heavy (non-hydrogen) atoms. The van der Waals surface area contributed by atoms with Crippen molar-refractivity contribution in [2.75, 3.05) is 39.6 Å². The molecule has 17 nitrogen and oxygen atoms in total. The quantitative estimate of drug-likeness (QED) is 0.0169. The molecular formula is C87H140O17P2. The molecule has 0 aliphatic carbocycles. The molecule has 0 aromatic rings. The lowest BCUT2D eigenvalue weighted by atomic mass is 10.1. The molecule has 0 aromatic heterocycles. The van der Waals surface area contributed by atoms with Crippen LogP contribution in [0.15, 0.2) is 182 Å². The van der Waals surface area contributed by atoms with Crippen LogP contribution >= 0.6 is 15.6 Å². The first-order valence-electron chi connectivity index (χ1n) is 40.0. The molecule has 0 aromatic carbocycles. The van der Waals surface area contributed by atoms with Crippen LogP contribution in [-0.2, 0) is 65.4 Å². The van der Waals surface area contributed by atoms with Crippen LogP contribution in [0.2, 0.25) is 0 Å². The highest BCUT2D eigenvalue weighted by molar-refractivity contribution is 7.47. The summed E-state index contributed by atoms with van der Waals surface area (Å²) in [6.45, 7) is 4.36. The average molecular weight is 1520 g/mol. The molecular weight excluding hydrogens is 1380 g/mol. The number of ether oxygens (including phenoxy) is 4. The number of carbonyl (C=O) groups is 4. The average Bonchev–Trinajstić information content (AvgIpc) is 0.901. The highest BCUT2D eigenvalue weighted by atomic mass is 31.2. The summed E-state index contributed by atoms with van der Waals surface area (Å²) in [6, 6.07) is 0. The Morgan fingerprint density at radius 1 is 0.274 bits per heavy atom. The van der Waals surface area contributed by atoms with Crippen molar-refractivity contribution < 1.29 is 80.2 Å². The molecule has 0 saturated carbocycles.